The molecule has 0 spiro atoms. The second-order valence-corrected chi connectivity index (χ2v) is 7.43. The van der Waals surface area contributed by atoms with Crippen molar-refractivity contribution in [2.24, 2.45) is 0 Å². The lowest BCUT2D eigenvalue weighted by molar-refractivity contribution is -0.919. The second-order valence-electron chi connectivity index (χ2n) is 7.43. The molecule has 28 heavy (non-hydrogen) atoms. The molecule has 0 bridgehead atoms. The molecule has 2 aromatic carbocycles. The van der Waals surface area contributed by atoms with Gasteiger partial charge in [-0.05, 0) is 23.3 Å². The number of hydrogen-bond acceptors (Lipinski definition) is 2. The lowest BCUT2D eigenvalue weighted by Crippen LogP contribution is -3.11. The second kappa shape index (κ2) is 8.89. The van der Waals surface area contributed by atoms with Crippen molar-refractivity contribution in [1.82, 2.24) is 5.32 Å². The fraction of sp³-hybridized carbons (Fsp3) is 0.292. The fourth-order valence-electron chi connectivity index (χ4n) is 4.20. The summed E-state index contributed by atoms with van der Waals surface area (Å²) in [4.78, 5) is 14.8. The van der Waals surface area contributed by atoms with Crippen LogP contribution in [-0.2, 0) is 4.79 Å². The van der Waals surface area contributed by atoms with Crippen LogP contribution in [0, 0.1) is 0 Å². The third-order valence-electron chi connectivity index (χ3n) is 5.63. The molecule has 0 aliphatic carbocycles. The molecule has 1 fully saturated rings. The van der Waals surface area contributed by atoms with Gasteiger partial charge in [0.05, 0.1) is 31.8 Å². The number of carbonyl (C=O) groups is 1. The van der Waals surface area contributed by atoms with Crippen molar-refractivity contribution in [2.45, 2.75) is 24.8 Å². The molecule has 1 aliphatic heterocycles. The average Bonchev–Trinajstić information content (AvgIpc) is 3.45. The van der Waals surface area contributed by atoms with E-state index in [2.05, 4.69) is 5.32 Å². The summed E-state index contributed by atoms with van der Waals surface area (Å²) in [5.74, 6) is 0.675. The minimum atomic E-state index is -0.312. The van der Waals surface area contributed by atoms with Gasteiger partial charge in [0.1, 0.15) is 0 Å². The summed E-state index contributed by atoms with van der Waals surface area (Å²) in [5.41, 5.74) is 2.02. The van der Waals surface area contributed by atoms with Crippen LogP contribution < -0.4 is 10.2 Å². The Kier molecular flexibility index (Phi) is 5.88. The van der Waals surface area contributed by atoms with Gasteiger partial charge in [0.25, 0.3) is 0 Å². The van der Waals surface area contributed by atoms with E-state index in [1.54, 1.807) is 6.26 Å². The van der Waals surface area contributed by atoms with Crippen LogP contribution in [0.25, 0.3) is 0 Å². The van der Waals surface area contributed by atoms with Gasteiger partial charge in [-0.2, -0.15) is 0 Å². The van der Waals surface area contributed by atoms with E-state index in [-0.39, 0.29) is 17.9 Å². The van der Waals surface area contributed by atoms with Gasteiger partial charge < -0.3 is 14.6 Å². The first-order valence-corrected chi connectivity index (χ1v) is 10.1. The summed E-state index contributed by atoms with van der Waals surface area (Å²) >= 11 is 0. The van der Waals surface area contributed by atoms with Gasteiger partial charge in [-0.3, -0.25) is 4.79 Å². The van der Waals surface area contributed by atoms with E-state index in [0.29, 0.717) is 6.54 Å². The highest BCUT2D eigenvalue weighted by Gasteiger charge is 2.31. The van der Waals surface area contributed by atoms with E-state index in [1.807, 2.05) is 72.8 Å². The smallest absolute Gasteiger partial charge is 0.232 e. The topological polar surface area (TPSA) is 46.7 Å². The maximum absolute atomic E-state index is 13.3. The standard InChI is InChI=1S/C24H26N2O2/c27-24(23(19-10-3-1-4-11-19)20-12-5-2-6-13-20)25-18-21(22-14-9-17-28-22)26-15-7-8-16-26/h1-6,9-14,17,21,23H,7-8,15-16,18H2,(H,25,27)/p+1/t21-/m1/s1. The molecule has 0 radical (unpaired) electrons. The molecule has 1 aliphatic rings. The van der Waals surface area contributed by atoms with E-state index < -0.39 is 0 Å². The van der Waals surface area contributed by atoms with Crippen LogP contribution in [0.15, 0.2) is 83.5 Å². The Morgan fingerprint density at radius 1 is 0.893 bits per heavy atom. The molecule has 1 atom stereocenters. The van der Waals surface area contributed by atoms with Crippen LogP contribution in [-0.4, -0.2) is 25.5 Å². The van der Waals surface area contributed by atoms with Gasteiger partial charge in [0.15, 0.2) is 11.8 Å². The number of benzene rings is 2. The van der Waals surface area contributed by atoms with Gasteiger partial charge in [-0.15, -0.1) is 0 Å². The molecular formula is C24H27N2O2+. The van der Waals surface area contributed by atoms with Crippen LogP contribution >= 0.6 is 0 Å². The van der Waals surface area contributed by atoms with Gasteiger partial charge in [0.2, 0.25) is 5.91 Å². The number of quaternary nitrogens is 1. The van der Waals surface area contributed by atoms with E-state index in [4.69, 9.17) is 4.42 Å². The first-order valence-electron chi connectivity index (χ1n) is 10.1. The molecule has 1 saturated heterocycles. The molecule has 3 aromatic rings. The Balaban J connectivity index is 1.54. The monoisotopic (exact) mass is 375 g/mol. The van der Waals surface area contributed by atoms with Crippen molar-refractivity contribution in [3.8, 4) is 0 Å². The molecule has 0 unspecified atom stereocenters. The number of hydrogen-bond donors (Lipinski definition) is 2. The number of rotatable bonds is 7. The van der Waals surface area contributed by atoms with Crippen LogP contribution in [0.3, 0.4) is 0 Å². The van der Waals surface area contributed by atoms with Crippen LogP contribution in [0.5, 0.6) is 0 Å². The Morgan fingerprint density at radius 2 is 1.50 bits per heavy atom. The fourth-order valence-corrected chi connectivity index (χ4v) is 4.20. The van der Waals surface area contributed by atoms with Gasteiger partial charge in [-0.25, -0.2) is 0 Å². The minimum absolute atomic E-state index is 0.0348. The summed E-state index contributed by atoms with van der Waals surface area (Å²) in [7, 11) is 0. The van der Waals surface area contributed by atoms with Crippen molar-refractivity contribution in [2.75, 3.05) is 19.6 Å². The quantitative estimate of drug-likeness (QED) is 0.667. The van der Waals surface area contributed by atoms with E-state index in [9.17, 15) is 4.79 Å². The van der Waals surface area contributed by atoms with Gasteiger partial charge in [-0.1, -0.05) is 60.7 Å². The summed E-state index contributed by atoms with van der Waals surface area (Å²) in [6.45, 7) is 2.84. The summed E-state index contributed by atoms with van der Waals surface area (Å²) in [5, 5.41) is 3.23. The zero-order valence-electron chi connectivity index (χ0n) is 16.0. The molecular weight excluding hydrogens is 348 g/mol. The largest absolute Gasteiger partial charge is 0.463 e. The Morgan fingerprint density at radius 3 is 2.04 bits per heavy atom. The average molecular weight is 375 g/mol. The van der Waals surface area contributed by atoms with Gasteiger partial charge >= 0.3 is 0 Å². The highest BCUT2D eigenvalue weighted by atomic mass is 16.3. The van der Waals surface area contributed by atoms with Gasteiger partial charge in [0, 0.05) is 12.8 Å². The van der Waals surface area contributed by atoms with E-state index in [1.165, 1.54) is 17.7 Å². The normalized spacial score (nSPS) is 15.6. The minimum Gasteiger partial charge on any atom is -0.463 e. The molecule has 4 nitrogen and oxygen atoms in total. The number of carbonyl (C=O) groups excluding carboxylic acids is 1. The van der Waals surface area contributed by atoms with Crippen molar-refractivity contribution in [1.29, 1.82) is 0 Å². The third-order valence-corrected chi connectivity index (χ3v) is 5.63. The molecule has 2 heterocycles. The number of nitrogens with one attached hydrogen (secondary N) is 2. The molecule has 4 heteroatoms. The molecule has 144 valence electrons. The molecule has 4 rings (SSSR count). The van der Waals surface area contributed by atoms with Crippen molar-refractivity contribution in [3.05, 3.63) is 95.9 Å². The first-order chi connectivity index (χ1) is 13.8. The number of furan rings is 1. The first kappa shape index (κ1) is 18.5. The zero-order valence-corrected chi connectivity index (χ0v) is 16.0. The maximum atomic E-state index is 13.3. The number of likely N-dealkylation sites (tertiary alicyclic amines) is 1. The highest BCUT2D eigenvalue weighted by molar-refractivity contribution is 5.87. The van der Waals surface area contributed by atoms with Crippen molar-refractivity contribution in [3.63, 3.8) is 0 Å². The Hall–Kier alpha value is -2.85. The van der Waals surface area contributed by atoms with Crippen molar-refractivity contribution < 1.29 is 14.1 Å². The Labute approximate surface area is 166 Å². The van der Waals surface area contributed by atoms with Crippen LogP contribution in [0.2, 0.25) is 0 Å². The third kappa shape index (κ3) is 4.18. The lowest BCUT2D eigenvalue weighted by Gasteiger charge is -2.24. The lowest BCUT2D eigenvalue weighted by atomic mass is 9.90. The maximum Gasteiger partial charge on any atom is 0.232 e. The summed E-state index contributed by atoms with van der Waals surface area (Å²) in [6, 6.07) is 24.1. The molecule has 1 amide bonds. The predicted octanol–water partition coefficient (Wildman–Crippen LogP) is 2.95. The van der Waals surface area contributed by atoms with Crippen molar-refractivity contribution >= 4 is 5.91 Å². The molecule has 1 aromatic heterocycles. The van der Waals surface area contributed by atoms with E-state index in [0.717, 1.165) is 30.0 Å². The highest BCUT2D eigenvalue weighted by Crippen LogP contribution is 2.25. The van der Waals surface area contributed by atoms with Crippen LogP contribution in [0.4, 0.5) is 0 Å². The van der Waals surface area contributed by atoms with E-state index >= 15 is 0 Å². The van der Waals surface area contributed by atoms with Crippen LogP contribution in [0.1, 0.15) is 41.7 Å². The Bertz CT molecular complexity index is 817. The SMILES string of the molecule is O=C(NC[C@H](c1ccco1)[NH+]1CCCC1)C(c1ccccc1)c1ccccc1. The number of amides is 1. The molecule has 0 saturated carbocycles. The summed E-state index contributed by atoms with van der Waals surface area (Å²) in [6.07, 6.45) is 4.19. The zero-order chi connectivity index (χ0) is 19.2. The molecule has 2 N–H and O–H groups in total. The predicted molar refractivity (Wildman–Crippen MR) is 109 cm³/mol. The summed E-state index contributed by atoms with van der Waals surface area (Å²) < 4.78 is 5.70.